The number of carbonyl (C=O) groups is 1. The smallest absolute Gasteiger partial charge is 0.224 e. The summed E-state index contributed by atoms with van der Waals surface area (Å²) in [4.78, 5) is 12.1. The average molecular weight is 329 g/mol. The van der Waals surface area contributed by atoms with Crippen molar-refractivity contribution in [3.8, 4) is 5.75 Å². The van der Waals surface area contributed by atoms with E-state index in [-0.39, 0.29) is 12.0 Å². The summed E-state index contributed by atoms with van der Waals surface area (Å²) in [5, 5.41) is 7.04. The Morgan fingerprint density at radius 3 is 3.08 bits per heavy atom. The molecule has 1 saturated heterocycles. The number of benzene rings is 1. The molecule has 0 saturated carbocycles. The van der Waals surface area contributed by atoms with E-state index in [4.69, 9.17) is 9.47 Å². The number of hydrogen-bond acceptors (Lipinski definition) is 4. The van der Waals surface area contributed by atoms with Crippen molar-refractivity contribution in [2.45, 2.75) is 32.3 Å². The Balaban J connectivity index is 1.56. The second-order valence-corrected chi connectivity index (χ2v) is 6.15. The highest BCUT2D eigenvalue weighted by Gasteiger charge is 2.18. The molecule has 1 fully saturated rings. The minimum absolute atomic E-state index is 0.0159. The van der Waals surface area contributed by atoms with Crippen molar-refractivity contribution >= 4 is 11.6 Å². The Labute approximate surface area is 141 Å². The quantitative estimate of drug-likeness (QED) is 0.884. The van der Waals surface area contributed by atoms with Crippen LogP contribution in [0.4, 0.5) is 5.69 Å². The highest BCUT2D eigenvalue weighted by Crippen LogP contribution is 2.25. The molecular weight excluding hydrogens is 306 g/mol. The molecule has 1 atom stereocenters. The molecule has 1 amide bonds. The van der Waals surface area contributed by atoms with Gasteiger partial charge in [0.25, 0.3) is 0 Å². The zero-order valence-corrected chi connectivity index (χ0v) is 14.1. The molecule has 24 heavy (non-hydrogen) atoms. The summed E-state index contributed by atoms with van der Waals surface area (Å²) in [5.74, 6) is 0.786. The van der Waals surface area contributed by atoms with E-state index in [1.165, 1.54) is 0 Å². The zero-order chi connectivity index (χ0) is 16.9. The summed E-state index contributed by atoms with van der Waals surface area (Å²) in [6.45, 7) is 3.37. The number of carbonyl (C=O) groups excluding carboxylic acids is 1. The number of aryl methyl sites for hydroxylation is 3. The zero-order valence-electron chi connectivity index (χ0n) is 14.1. The third-order valence-corrected chi connectivity index (χ3v) is 4.05. The van der Waals surface area contributed by atoms with Gasteiger partial charge < -0.3 is 14.8 Å². The van der Waals surface area contributed by atoms with Gasteiger partial charge in [-0.1, -0.05) is 6.07 Å². The third-order valence-electron chi connectivity index (χ3n) is 4.05. The second-order valence-electron chi connectivity index (χ2n) is 6.15. The number of amides is 1. The first kappa shape index (κ1) is 16.5. The third kappa shape index (κ3) is 4.35. The number of ether oxygens (including phenoxy) is 2. The molecule has 1 N–H and O–H groups in total. The highest BCUT2D eigenvalue weighted by atomic mass is 16.5. The Morgan fingerprint density at radius 1 is 1.50 bits per heavy atom. The van der Waals surface area contributed by atoms with Gasteiger partial charge in [-0.3, -0.25) is 9.48 Å². The van der Waals surface area contributed by atoms with Crippen LogP contribution >= 0.6 is 0 Å². The number of nitrogens with one attached hydrogen (secondary N) is 1. The van der Waals surface area contributed by atoms with Crippen molar-refractivity contribution in [1.82, 2.24) is 9.78 Å². The van der Waals surface area contributed by atoms with Crippen LogP contribution in [0.2, 0.25) is 0 Å². The highest BCUT2D eigenvalue weighted by molar-refractivity contribution is 5.91. The maximum Gasteiger partial charge on any atom is 0.224 e. The predicted octanol–water partition coefficient (Wildman–Crippen LogP) is 2.47. The summed E-state index contributed by atoms with van der Waals surface area (Å²) in [5.41, 5.74) is 2.86. The molecule has 1 aliphatic heterocycles. The van der Waals surface area contributed by atoms with Crippen molar-refractivity contribution < 1.29 is 14.3 Å². The molecule has 1 aromatic carbocycles. The number of hydrogen-bond donors (Lipinski definition) is 1. The molecule has 0 bridgehead atoms. The summed E-state index contributed by atoms with van der Waals surface area (Å²) in [6, 6.07) is 5.74. The Kier molecular flexibility index (Phi) is 5.15. The van der Waals surface area contributed by atoms with E-state index in [2.05, 4.69) is 10.4 Å². The first-order valence-electron chi connectivity index (χ1n) is 8.22. The van der Waals surface area contributed by atoms with Crippen LogP contribution in [-0.2, 0) is 23.0 Å². The minimum atomic E-state index is -0.0159. The van der Waals surface area contributed by atoms with Gasteiger partial charge in [0.15, 0.2) is 0 Å². The second kappa shape index (κ2) is 7.49. The molecule has 0 spiro atoms. The summed E-state index contributed by atoms with van der Waals surface area (Å²) in [7, 11) is 1.87. The largest absolute Gasteiger partial charge is 0.488 e. The monoisotopic (exact) mass is 329 g/mol. The lowest BCUT2D eigenvalue weighted by molar-refractivity contribution is -0.116. The molecule has 128 valence electrons. The van der Waals surface area contributed by atoms with Gasteiger partial charge in [-0.15, -0.1) is 0 Å². The van der Waals surface area contributed by atoms with Gasteiger partial charge >= 0.3 is 0 Å². The van der Waals surface area contributed by atoms with E-state index >= 15 is 0 Å². The van der Waals surface area contributed by atoms with Crippen LogP contribution in [-0.4, -0.2) is 35.0 Å². The normalized spacial score (nSPS) is 17.0. The SMILES string of the molecule is Cc1ccc(NC(=O)CCc2cnn(C)c2)cc1O[C@@H]1CCOC1. The van der Waals surface area contributed by atoms with E-state index in [1.54, 1.807) is 10.9 Å². The van der Waals surface area contributed by atoms with Crippen LogP contribution in [0, 0.1) is 6.92 Å². The molecule has 2 heterocycles. The molecule has 0 unspecified atom stereocenters. The molecule has 3 rings (SSSR count). The predicted molar refractivity (Wildman–Crippen MR) is 91.2 cm³/mol. The Bertz CT molecular complexity index is 705. The summed E-state index contributed by atoms with van der Waals surface area (Å²) >= 11 is 0. The van der Waals surface area contributed by atoms with Crippen molar-refractivity contribution in [3.05, 3.63) is 41.7 Å². The van der Waals surface area contributed by atoms with Crippen LogP contribution in [0.15, 0.2) is 30.6 Å². The molecule has 6 nitrogen and oxygen atoms in total. The molecule has 0 aliphatic carbocycles. The molecule has 0 radical (unpaired) electrons. The molecular formula is C18H23N3O3. The molecule has 1 aliphatic rings. The Morgan fingerprint density at radius 2 is 2.38 bits per heavy atom. The van der Waals surface area contributed by atoms with Gasteiger partial charge in [-0.2, -0.15) is 5.10 Å². The maximum atomic E-state index is 12.1. The fraction of sp³-hybridized carbons (Fsp3) is 0.444. The van der Waals surface area contributed by atoms with E-state index in [1.807, 2.05) is 38.4 Å². The summed E-state index contributed by atoms with van der Waals surface area (Å²) in [6.07, 6.45) is 5.81. The van der Waals surface area contributed by atoms with E-state index in [9.17, 15) is 4.79 Å². The van der Waals surface area contributed by atoms with Gasteiger partial charge in [-0.25, -0.2) is 0 Å². The van der Waals surface area contributed by atoms with Crippen molar-refractivity contribution in [2.75, 3.05) is 18.5 Å². The molecule has 6 heteroatoms. The number of aromatic nitrogens is 2. The van der Waals surface area contributed by atoms with E-state index < -0.39 is 0 Å². The van der Waals surface area contributed by atoms with E-state index in [0.717, 1.165) is 35.6 Å². The summed E-state index contributed by atoms with van der Waals surface area (Å²) < 4.78 is 13.1. The van der Waals surface area contributed by atoms with Crippen LogP contribution in [0.1, 0.15) is 24.0 Å². The van der Waals surface area contributed by atoms with Crippen molar-refractivity contribution in [1.29, 1.82) is 0 Å². The van der Waals surface area contributed by atoms with Crippen molar-refractivity contribution in [2.24, 2.45) is 7.05 Å². The lowest BCUT2D eigenvalue weighted by Crippen LogP contribution is -2.17. The van der Waals surface area contributed by atoms with Crippen LogP contribution in [0.25, 0.3) is 0 Å². The van der Waals surface area contributed by atoms with Gasteiger partial charge in [0, 0.05) is 37.8 Å². The minimum Gasteiger partial charge on any atom is -0.488 e. The molecule has 1 aromatic heterocycles. The van der Waals surface area contributed by atoms with Crippen molar-refractivity contribution in [3.63, 3.8) is 0 Å². The number of anilines is 1. The van der Waals surface area contributed by atoms with E-state index in [0.29, 0.717) is 19.4 Å². The average Bonchev–Trinajstić information content (AvgIpc) is 3.20. The lowest BCUT2D eigenvalue weighted by Gasteiger charge is -2.15. The van der Waals surface area contributed by atoms with Crippen LogP contribution in [0.3, 0.4) is 0 Å². The standard InChI is InChI=1S/C18H23N3O3/c1-13-3-5-15(9-17(13)24-16-7-8-23-12-16)20-18(22)6-4-14-10-19-21(2)11-14/h3,5,9-11,16H,4,6-8,12H2,1-2H3,(H,20,22)/t16-/m1/s1. The van der Waals surface area contributed by atoms with Crippen LogP contribution < -0.4 is 10.1 Å². The van der Waals surface area contributed by atoms with Gasteiger partial charge in [0.1, 0.15) is 11.9 Å². The lowest BCUT2D eigenvalue weighted by atomic mass is 10.1. The van der Waals surface area contributed by atoms with Gasteiger partial charge in [0.05, 0.1) is 19.4 Å². The Hall–Kier alpha value is -2.34. The molecule has 2 aromatic rings. The fourth-order valence-corrected chi connectivity index (χ4v) is 2.67. The fourth-order valence-electron chi connectivity index (χ4n) is 2.67. The first-order valence-corrected chi connectivity index (χ1v) is 8.22. The van der Waals surface area contributed by atoms with Crippen LogP contribution in [0.5, 0.6) is 5.75 Å². The topological polar surface area (TPSA) is 65.4 Å². The first-order chi connectivity index (χ1) is 11.6. The number of rotatable bonds is 6. The maximum absolute atomic E-state index is 12.1. The number of nitrogens with zero attached hydrogens (tertiary/aromatic N) is 2. The van der Waals surface area contributed by atoms with Gasteiger partial charge in [-0.05, 0) is 30.5 Å². The van der Waals surface area contributed by atoms with Gasteiger partial charge in [0.2, 0.25) is 5.91 Å².